The van der Waals surface area contributed by atoms with E-state index in [1.54, 1.807) is 12.1 Å². The van der Waals surface area contributed by atoms with Crippen molar-refractivity contribution in [2.24, 2.45) is 5.92 Å². The van der Waals surface area contributed by atoms with Crippen molar-refractivity contribution in [3.05, 3.63) is 39.9 Å². The summed E-state index contributed by atoms with van der Waals surface area (Å²) in [5.74, 6) is -0.333. The predicted molar refractivity (Wildman–Crippen MR) is 60.6 cm³/mol. The lowest BCUT2D eigenvalue weighted by Gasteiger charge is -2.27. The molecule has 1 fully saturated rings. The van der Waals surface area contributed by atoms with Gasteiger partial charge in [0.25, 0.3) is 5.69 Å². The Morgan fingerprint density at radius 3 is 2.53 bits per heavy atom. The molecule has 0 aromatic heterocycles. The zero-order chi connectivity index (χ0) is 12.4. The van der Waals surface area contributed by atoms with Crippen molar-refractivity contribution in [2.75, 3.05) is 6.61 Å². The van der Waals surface area contributed by atoms with Gasteiger partial charge in [-0.3, -0.25) is 14.9 Å². The van der Waals surface area contributed by atoms with Gasteiger partial charge >= 0.3 is 5.97 Å². The number of hydrogen-bond donors (Lipinski definition) is 0. The smallest absolute Gasteiger partial charge is 0.313 e. The highest BCUT2D eigenvalue weighted by Gasteiger charge is 2.32. The molecule has 0 saturated carbocycles. The Balaban J connectivity index is 2.26. The number of hydrogen-bond acceptors (Lipinski definition) is 4. The molecular formula is C12H13NO4. The number of carbonyl (C=O) groups is 1. The molecule has 0 radical (unpaired) electrons. The van der Waals surface area contributed by atoms with Gasteiger partial charge < -0.3 is 4.74 Å². The molecule has 0 amide bonds. The van der Waals surface area contributed by atoms with E-state index < -0.39 is 4.92 Å². The Kier molecular flexibility index (Phi) is 3.08. The topological polar surface area (TPSA) is 69.4 Å². The van der Waals surface area contributed by atoms with E-state index in [1.165, 1.54) is 12.1 Å². The van der Waals surface area contributed by atoms with Crippen LogP contribution in [0.1, 0.15) is 24.8 Å². The number of nitro groups is 1. The second-order valence-electron chi connectivity index (χ2n) is 4.26. The lowest BCUT2D eigenvalue weighted by atomic mass is 9.84. The molecular weight excluding hydrogens is 222 g/mol. The fourth-order valence-corrected chi connectivity index (χ4v) is 2.10. The zero-order valence-corrected chi connectivity index (χ0v) is 9.46. The third-order valence-corrected chi connectivity index (χ3v) is 3.10. The van der Waals surface area contributed by atoms with E-state index in [2.05, 4.69) is 0 Å². The summed E-state index contributed by atoms with van der Waals surface area (Å²) in [6.07, 6.45) is 0.827. The van der Waals surface area contributed by atoms with E-state index in [9.17, 15) is 14.9 Å². The van der Waals surface area contributed by atoms with Gasteiger partial charge in [0.2, 0.25) is 0 Å². The van der Waals surface area contributed by atoms with Crippen LogP contribution in [-0.4, -0.2) is 17.5 Å². The van der Waals surface area contributed by atoms with Crippen LogP contribution >= 0.6 is 0 Å². The molecule has 0 bridgehead atoms. The Morgan fingerprint density at radius 1 is 1.35 bits per heavy atom. The molecule has 90 valence electrons. The highest BCUT2D eigenvalue weighted by Crippen LogP contribution is 2.32. The Morgan fingerprint density at radius 2 is 2.00 bits per heavy atom. The van der Waals surface area contributed by atoms with Crippen LogP contribution in [0.3, 0.4) is 0 Å². The number of esters is 1. The average molecular weight is 235 g/mol. The second kappa shape index (κ2) is 4.53. The largest absolute Gasteiger partial charge is 0.465 e. The van der Waals surface area contributed by atoms with E-state index in [0.29, 0.717) is 6.61 Å². The van der Waals surface area contributed by atoms with Crippen LogP contribution in [0.15, 0.2) is 24.3 Å². The molecule has 17 heavy (non-hydrogen) atoms. The van der Waals surface area contributed by atoms with Gasteiger partial charge in [-0.2, -0.15) is 0 Å². The van der Waals surface area contributed by atoms with Crippen molar-refractivity contribution in [1.82, 2.24) is 0 Å². The van der Waals surface area contributed by atoms with Crippen LogP contribution in [0.2, 0.25) is 0 Å². The molecule has 1 heterocycles. The van der Waals surface area contributed by atoms with E-state index in [-0.39, 0.29) is 23.5 Å². The maximum atomic E-state index is 11.7. The normalized spacial score (nSPS) is 24.2. The molecule has 5 heteroatoms. The SMILES string of the molecule is C[C@H]1CCOC(=O)[C@@H]1c1ccc([N+](=O)[O-])cc1. The summed E-state index contributed by atoms with van der Waals surface area (Å²) in [4.78, 5) is 21.7. The quantitative estimate of drug-likeness (QED) is 0.448. The number of nitrogens with zero attached hydrogens (tertiary/aromatic N) is 1. The standard InChI is InChI=1S/C12H13NO4/c1-8-6-7-17-12(14)11(8)9-2-4-10(5-3-9)13(15)16/h2-5,8,11H,6-7H2,1H3/t8-,11-/m0/s1. The van der Waals surface area contributed by atoms with Gasteiger partial charge in [0.05, 0.1) is 17.4 Å². The van der Waals surface area contributed by atoms with Crippen LogP contribution in [0, 0.1) is 16.0 Å². The van der Waals surface area contributed by atoms with Crippen molar-refractivity contribution in [2.45, 2.75) is 19.3 Å². The fraction of sp³-hybridized carbons (Fsp3) is 0.417. The first-order valence-electron chi connectivity index (χ1n) is 5.50. The first-order valence-corrected chi connectivity index (χ1v) is 5.50. The molecule has 0 unspecified atom stereocenters. The first-order chi connectivity index (χ1) is 8.09. The number of ether oxygens (including phenoxy) is 1. The first kappa shape index (κ1) is 11.6. The molecule has 0 N–H and O–H groups in total. The van der Waals surface area contributed by atoms with Crippen molar-refractivity contribution >= 4 is 11.7 Å². The Labute approximate surface area is 98.5 Å². The van der Waals surface area contributed by atoms with Gasteiger partial charge in [0.1, 0.15) is 0 Å². The van der Waals surface area contributed by atoms with Gasteiger partial charge in [-0.05, 0) is 17.9 Å². The van der Waals surface area contributed by atoms with Crippen molar-refractivity contribution in [3.63, 3.8) is 0 Å². The molecule has 5 nitrogen and oxygen atoms in total. The van der Waals surface area contributed by atoms with Crippen LogP contribution in [0.5, 0.6) is 0 Å². The minimum Gasteiger partial charge on any atom is -0.465 e. The van der Waals surface area contributed by atoms with Gasteiger partial charge in [-0.25, -0.2) is 0 Å². The Hall–Kier alpha value is -1.91. The summed E-state index contributed by atoms with van der Waals surface area (Å²) in [5.41, 5.74) is 0.818. The van der Waals surface area contributed by atoms with Gasteiger partial charge in [0.15, 0.2) is 0 Å². The van der Waals surface area contributed by atoms with Crippen molar-refractivity contribution < 1.29 is 14.5 Å². The average Bonchev–Trinajstić information content (AvgIpc) is 2.29. The highest BCUT2D eigenvalue weighted by atomic mass is 16.6. The minimum atomic E-state index is -0.452. The number of cyclic esters (lactones) is 1. The third-order valence-electron chi connectivity index (χ3n) is 3.10. The summed E-state index contributed by atoms with van der Waals surface area (Å²) >= 11 is 0. The number of non-ortho nitro benzene ring substituents is 1. The molecule has 1 aromatic carbocycles. The Bertz CT molecular complexity index is 440. The van der Waals surface area contributed by atoms with Crippen molar-refractivity contribution in [1.29, 1.82) is 0 Å². The molecule has 0 aliphatic carbocycles. The molecule has 1 aliphatic heterocycles. The second-order valence-corrected chi connectivity index (χ2v) is 4.26. The fourth-order valence-electron chi connectivity index (χ4n) is 2.10. The van der Waals surface area contributed by atoms with Crippen LogP contribution < -0.4 is 0 Å². The van der Waals surface area contributed by atoms with Crippen LogP contribution in [0.25, 0.3) is 0 Å². The lowest BCUT2D eigenvalue weighted by Crippen LogP contribution is -2.29. The molecule has 1 aliphatic rings. The highest BCUT2D eigenvalue weighted by molar-refractivity contribution is 5.79. The van der Waals surface area contributed by atoms with Crippen molar-refractivity contribution in [3.8, 4) is 0 Å². The molecule has 0 spiro atoms. The summed E-state index contributed by atoms with van der Waals surface area (Å²) in [6, 6.07) is 6.10. The lowest BCUT2D eigenvalue weighted by molar-refractivity contribution is -0.384. The van der Waals surface area contributed by atoms with E-state index in [0.717, 1.165) is 12.0 Å². The molecule has 2 atom stereocenters. The molecule has 2 rings (SSSR count). The van der Waals surface area contributed by atoms with Gasteiger partial charge in [-0.15, -0.1) is 0 Å². The number of rotatable bonds is 2. The predicted octanol–water partition coefficient (Wildman–Crippen LogP) is 2.26. The zero-order valence-electron chi connectivity index (χ0n) is 9.46. The van der Waals surface area contributed by atoms with Gasteiger partial charge in [-0.1, -0.05) is 19.1 Å². The van der Waals surface area contributed by atoms with E-state index >= 15 is 0 Å². The minimum absolute atomic E-state index is 0.0329. The molecule has 1 aromatic rings. The monoisotopic (exact) mass is 235 g/mol. The van der Waals surface area contributed by atoms with Crippen LogP contribution in [0.4, 0.5) is 5.69 Å². The maximum Gasteiger partial charge on any atom is 0.313 e. The number of carbonyl (C=O) groups excluding carboxylic acids is 1. The third kappa shape index (κ3) is 2.27. The number of benzene rings is 1. The van der Waals surface area contributed by atoms with E-state index in [4.69, 9.17) is 4.74 Å². The maximum absolute atomic E-state index is 11.7. The summed E-state index contributed by atoms with van der Waals surface area (Å²) in [5, 5.41) is 10.5. The van der Waals surface area contributed by atoms with E-state index in [1.807, 2.05) is 6.92 Å². The van der Waals surface area contributed by atoms with Crippen LogP contribution in [-0.2, 0) is 9.53 Å². The summed E-state index contributed by atoms with van der Waals surface area (Å²) < 4.78 is 5.02. The summed E-state index contributed by atoms with van der Waals surface area (Å²) in [7, 11) is 0. The molecule has 1 saturated heterocycles. The van der Waals surface area contributed by atoms with Gasteiger partial charge in [0, 0.05) is 12.1 Å². The number of nitro benzene ring substituents is 1. The summed E-state index contributed by atoms with van der Waals surface area (Å²) in [6.45, 7) is 2.45.